The van der Waals surface area contributed by atoms with Gasteiger partial charge in [-0.25, -0.2) is 9.78 Å². The number of thiophene rings is 1. The van der Waals surface area contributed by atoms with Crippen LogP contribution in [0.3, 0.4) is 0 Å². The predicted octanol–water partition coefficient (Wildman–Crippen LogP) is 2.51. The quantitative estimate of drug-likeness (QED) is 0.585. The Labute approximate surface area is 187 Å². The van der Waals surface area contributed by atoms with Gasteiger partial charge in [-0.1, -0.05) is 19.3 Å². The molecule has 1 unspecified atom stereocenters. The van der Waals surface area contributed by atoms with E-state index in [9.17, 15) is 19.2 Å². The van der Waals surface area contributed by atoms with Crippen LogP contribution in [0.4, 0.5) is 4.79 Å². The standard InChI is InChI=1S/C20H25N5O4S2/c1-10-11(2)31-17-14(10)16(27)21-13(22-17)9-30-12(3)15(26)24-25-18(28)20(23-19(25)29)7-5-4-6-8-20/h12H,4-9H2,1-3H3,(H,23,29)(H,24,26)(H,21,22,27). The van der Waals surface area contributed by atoms with Crippen molar-refractivity contribution in [3.8, 4) is 0 Å². The van der Waals surface area contributed by atoms with Crippen molar-refractivity contribution in [2.75, 3.05) is 0 Å². The number of fused-ring (bicyclic) bond motifs is 1. The Morgan fingerprint density at radius 1 is 1.26 bits per heavy atom. The van der Waals surface area contributed by atoms with Gasteiger partial charge >= 0.3 is 6.03 Å². The first-order valence-electron chi connectivity index (χ1n) is 10.3. The molecule has 3 N–H and O–H groups in total. The van der Waals surface area contributed by atoms with Crippen LogP contribution in [0.2, 0.25) is 0 Å². The number of hydrogen-bond acceptors (Lipinski definition) is 7. The lowest BCUT2D eigenvalue weighted by molar-refractivity contribution is -0.139. The number of aromatic amines is 1. The van der Waals surface area contributed by atoms with Crippen molar-refractivity contribution in [1.29, 1.82) is 0 Å². The topological polar surface area (TPSA) is 124 Å². The molecule has 1 aliphatic heterocycles. The largest absolute Gasteiger partial charge is 0.344 e. The number of amides is 4. The average molecular weight is 464 g/mol. The van der Waals surface area contributed by atoms with E-state index in [0.29, 0.717) is 34.6 Å². The summed E-state index contributed by atoms with van der Waals surface area (Å²) in [6.45, 7) is 5.54. The number of carbonyl (C=O) groups is 3. The monoisotopic (exact) mass is 463 g/mol. The molecule has 1 saturated carbocycles. The summed E-state index contributed by atoms with van der Waals surface area (Å²) in [6.07, 6.45) is 3.98. The Balaban J connectivity index is 1.39. The summed E-state index contributed by atoms with van der Waals surface area (Å²) < 4.78 is 0. The SMILES string of the molecule is Cc1sc2nc(CSC(C)C(=O)NN3C(=O)NC4(CCCCC4)C3=O)[nH]c(=O)c2c1C. The maximum Gasteiger partial charge on any atom is 0.344 e. The van der Waals surface area contributed by atoms with Crippen molar-refractivity contribution in [3.05, 3.63) is 26.6 Å². The third-order valence-electron chi connectivity index (χ3n) is 6.02. The second-order valence-corrected chi connectivity index (χ2v) is 10.7. The molecule has 1 spiro atoms. The number of aryl methyl sites for hydroxylation is 2. The minimum Gasteiger partial charge on any atom is -0.322 e. The third-order valence-corrected chi connectivity index (χ3v) is 8.27. The maximum absolute atomic E-state index is 12.8. The van der Waals surface area contributed by atoms with Gasteiger partial charge in [0.05, 0.1) is 16.4 Å². The van der Waals surface area contributed by atoms with Gasteiger partial charge in [0.2, 0.25) is 0 Å². The number of hydrogen-bond donors (Lipinski definition) is 3. The summed E-state index contributed by atoms with van der Waals surface area (Å²) in [5.41, 5.74) is 2.33. The lowest BCUT2D eigenvalue weighted by Crippen LogP contribution is -2.52. The molecule has 2 fully saturated rings. The first-order chi connectivity index (χ1) is 14.7. The van der Waals surface area contributed by atoms with Gasteiger partial charge in [0, 0.05) is 4.88 Å². The molecule has 4 amide bonds. The molecule has 0 aromatic carbocycles. The molecule has 1 aliphatic carbocycles. The van der Waals surface area contributed by atoms with Crippen LogP contribution in [-0.2, 0) is 15.3 Å². The number of hydrazine groups is 1. The van der Waals surface area contributed by atoms with Crippen LogP contribution in [-0.4, -0.2) is 43.6 Å². The number of urea groups is 1. The number of rotatable bonds is 5. The highest BCUT2D eigenvalue weighted by Gasteiger charge is 2.52. The summed E-state index contributed by atoms with van der Waals surface area (Å²) in [7, 11) is 0. The molecule has 2 aromatic rings. The van der Waals surface area contributed by atoms with Gasteiger partial charge < -0.3 is 10.3 Å². The molecule has 31 heavy (non-hydrogen) atoms. The summed E-state index contributed by atoms with van der Waals surface area (Å²) >= 11 is 2.74. The van der Waals surface area contributed by atoms with Crippen LogP contribution in [0.15, 0.2) is 4.79 Å². The van der Waals surface area contributed by atoms with E-state index >= 15 is 0 Å². The first-order valence-corrected chi connectivity index (χ1v) is 12.2. The minimum absolute atomic E-state index is 0.184. The van der Waals surface area contributed by atoms with E-state index in [2.05, 4.69) is 20.7 Å². The fraction of sp³-hybridized carbons (Fsp3) is 0.550. The highest BCUT2D eigenvalue weighted by atomic mass is 32.2. The van der Waals surface area contributed by atoms with Gasteiger partial charge in [0.25, 0.3) is 17.4 Å². The number of imide groups is 1. The summed E-state index contributed by atoms with van der Waals surface area (Å²) in [6, 6.07) is -0.586. The van der Waals surface area contributed by atoms with Crippen LogP contribution >= 0.6 is 23.1 Å². The zero-order valence-electron chi connectivity index (χ0n) is 17.7. The van der Waals surface area contributed by atoms with Gasteiger partial charge in [-0.3, -0.25) is 19.8 Å². The second kappa shape index (κ2) is 8.27. The first kappa shape index (κ1) is 21.8. The molecule has 3 heterocycles. The number of aromatic nitrogens is 2. The molecule has 166 valence electrons. The highest BCUT2D eigenvalue weighted by Crippen LogP contribution is 2.33. The molecule has 9 nitrogen and oxygen atoms in total. The molecule has 2 aliphatic rings. The zero-order valence-corrected chi connectivity index (χ0v) is 19.3. The fourth-order valence-corrected chi connectivity index (χ4v) is 5.86. The number of nitrogens with zero attached hydrogens (tertiary/aromatic N) is 2. The minimum atomic E-state index is -0.880. The summed E-state index contributed by atoms with van der Waals surface area (Å²) in [5, 5.41) is 3.63. The molecular formula is C20H25N5O4S2. The van der Waals surface area contributed by atoms with Crippen LogP contribution in [0, 0.1) is 13.8 Å². The van der Waals surface area contributed by atoms with E-state index < -0.39 is 22.7 Å². The van der Waals surface area contributed by atoms with Gasteiger partial charge in [-0.2, -0.15) is 5.01 Å². The number of nitrogens with one attached hydrogen (secondary N) is 3. The molecule has 1 saturated heterocycles. The number of thioether (sulfide) groups is 1. The van der Waals surface area contributed by atoms with Crippen molar-refractivity contribution < 1.29 is 14.4 Å². The molecule has 11 heteroatoms. The van der Waals surface area contributed by atoms with Gasteiger partial charge in [-0.15, -0.1) is 23.1 Å². The third kappa shape index (κ3) is 3.96. The van der Waals surface area contributed by atoms with Crippen molar-refractivity contribution in [2.45, 2.75) is 69.4 Å². The smallest absolute Gasteiger partial charge is 0.322 e. The Morgan fingerprint density at radius 3 is 2.68 bits per heavy atom. The lowest BCUT2D eigenvalue weighted by atomic mass is 9.82. The number of H-pyrrole nitrogens is 1. The van der Waals surface area contributed by atoms with E-state index in [-0.39, 0.29) is 11.5 Å². The van der Waals surface area contributed by atoms with Crippen molar-refractivity contribution in [1.82, 2.24) is 25.7 Å². The lowest BCUT2D eigenvalue weighted by Gasteiger charge is -2.30. The van der Waals surface area contributed by atoms with Gasteiger partial charge in [0.1, 0.15) is 16.2 Å². The average Bonchev–Trinajstić information content (AvgIpc) is 3.14. The van der Waals surface area contributed by atoms with Crippen molar-refractivity contribution in [3.63, 3.8) is 0 Å². The molecule has 2 aromatic heterocycles. The molecule has 0 radical (unpaired) electrons. The Kier molecular flexibility index (Phi) is 5.82. The summed E-state index contributed by atoms with van der Waals surface area (Å²) in [4.78, 5) is 59.1. The van der Waals surface area contributed by atoms with E-state index in [4.69, 9.17) is 0 Å². The van der Waals surface area contributed by atoms with Crippen LogP contribution in [0.5, 0.6) is 0 Å². The molecule has 1 atom stereocenters. The predicted molar refractivity (Wildman–Crippen MR) is 120 cm³/mol. The van der Waals surface area contributed by atoms with Crippen LogP contribution < -0.4 is 16.3 Å². The van der Waals surface area contributed by atoms with Gasteiger partial charge in [0.15, 0.2) is 0 Å². The molecule has 0 bridgehead atoms. The van der Waals surface area contributed by atoms with E-state index in [0.717, 1.165) is 34.7 Å². The van der Waals surface area contributed by atoms with Crippen molar-refractivity contribution >= 4 is 51.2 Å². The van der Waals surface area contributed by atoms with Crippen molar-refractivity contribution in [2.24, 2.45) is 0 Å². The maximum atomic E-state index is 12.8. The Bertz CT molecular complexity index is 1120. The Morgan fingerprint density at radius 2 is 1.97 bits per heavy atom. The fourth-order valence-electron chi connectivity index (χ4n) is 4.06. The van der Waals surface area contributed by atoms with E-state index in [1.807, 2.05) is 13.8 Å². The van der Waals surface area contributed by atoms with E-state index in [1.54, 1.807) is 6.92 Å². The van der Waals surface area contributed by atoms with Crippen LogP contribution in [0.25, 0.3) is 10.2 Å². The second-order valence-electron chi connectivity index (χ2n) is 8.12. The number of carbonyl (C=O) groups excluding carboxylic acids is 3. The van der Waals surface area contributed by atoms with Crippen LogP contribution in [0.1, 0.15) is 55.3 Å². The molecule has 4 rings (SSSR count). The normalized spacial score (nSPS) is 19.1. The summed E-state index contributed by atoms with van der Waals surface area (Å²) in [5.74, 6) is -0.0328. The highest BCUT2D eigenvalue weighted by molar-refractivity contribution is 7.99. The van der Waals surface area contributed by atoms with Gasteiger partial charge in [-0.05, 0) is 39.2 Å². The van der Waals surface area contributed by atoms with E-state index in [1.165, 1.54) is 23.1 Å². The zero-order chi connectivity index (χ0) is 22.3. The Hall–Kier alpha value is -2.40. The molecular weight excluding hydrogens is 438 g/mol.